The SMILES string of the molecule is O=C1/C(=C/NCc2cccc(C(F)(F)F)c2)C(c2ccccc2)=NN1c1nc2ccccc2s1. The number of halogens is 3. The van der Waals surface area contributed by atoms with E-state index in [1.54, 1.807) is 6.07 Å². The van der Waals surface area contributed by atoms with Gasteiger partial charge in [-0.05, 0) is 29.8 Å². The van der Waals surface area contributed by atoms with Gasteiger partial charge in [0.15, 0.2) is 0 Å². The van der Waals surface area contributed by atoms with Crippen molar-refractivity contribution in [2.45, 2.75) is 12.7 Å². The lowest BCUT2D eigenvalue weighted by atomic mass is 10.0. The standard InChI is InChI=1S/C25H17F3N4OS/c26-25(27,28)18-10-6-7-16(13-18)14-29-15-19-22(17-8-2-1-3-9-17)31-32(23(19)33)24-30-20-11-4-5-12-21(20)34-24/h1-13,15,29H,14H2/b19-15+. The zero-order chi connectivity index (χ0) is 23.7. The molecular formula is C25H17F3N4OS. The molecule has 0 saturated heterocycles. The van der Waals surface area contributed by atoms with Crippen LogP contribution < -0.4 is 10.3 Å². The van der Waals surface area contributed by atoms with E-state index in [9.17, 15) is 18.0 Å². The minimum absolute atomic E-state index is 0.115. The Labute approximate surface area is 196 Å². The molecule has 9 heteroatoms. The first-order valence-corrected chi connectivity index (χ1v) is 11.2. The molecule has 1 aliphatic heterocycles. The molecule has 0 saturated carbocycles. The van der Waals surface area contributed by atoms with Gasteiger partial charge in [-0.2, -0.15) is 23.3 Å². The number of alkyl halides is 3. The van der Waals surface area contributed by atoms with Crippen molar-refractivity contribution in [3.8, 4) is 0 Å². The molecule has 4 aromatic rings. The number of anilines is 1. The number of benzene rings is 3. The highest BCUT2D eigenvalue weighted by atomic mass is 32.1. The van der Waals surface area contributed by atoms with E-state index < -0.39 is 11.7 Å². The summed E-state index contributed by atoms with van der Waals surface area (Å²) >= 11 is 1.35. The Hall–Kier alpha value is -3.98. The smallest absolute Gasteiger partial charge is 0.386 e. The molecule has 0 bridgehead atoms. The van der Waals surface area contributed by atoms with Crippen molar-refractivity contribution in [3.63, 3.8) is 0 Å². The third kappa shape index (κ3) is 4.29. The Morgan fingerprint density at radius 2 is 1.74 bits per heavy atom. The zero-order valence-electron chi connectivity index (χ0n) is 17.6. The number of amides is 1. The maximum absolute atomic E-state index is 13.3. The second kappa shape index (κ2) is 8.75. The summed E-state index contributed by atoms with van der Waals surface area (Å²) in [7, 11) is 0. The molecule has 2 heterocycles. The van der Waals surface area contributed by atoms with E-state index in [1.165, 1.54) is 28.6 Å². The first-order chi connectivity index (χ1) is 16.4. The van der Waals surface area contributed by atoms with Gasteiger partial charge in [-0.1, -0.05) is 65.9 Å². The number of thiazole rings is 1. The third-order valence-electron chi connectivity index (χ3n) is 5.20. The predicted molar refractivity (Wildman–Crippen MR) is 126 cm³/mol. The summed E-state index contributed by atoms with van der Waals surface area (Å²) in [6.07, 6.45) is -2.91. The van der Waals surface area contributed by atoms with E-state index in [2.05, 4.69) is 15.4 Å². The van der Waals surface area contributed by atoms with Gasteiger partial charge in [0.25, 0.3) is 5.91 Å². The van der Waals surface area contributed by atoms with Crippen molar-refractivity contribution in [2.24, 2.45) is 5.10 Å². The number of carbonyl (C=O) groups excluding carboxylic acids is 1. The van der Waals surface area contributed by atoms with E-state index in [4.69, 9.17) is 0 Å². The Balaban J connectivity index is 1.45. The Morgan fingerprint density at radius 1 is 0.971 bits per heavy atom. The number of fused-ring (bicyclic) bond motifs is 1. The van der Waals surface area contributed by atoms with Crippen LogP contribution in [-0.2, 0) is 17.5 Å². The van der Waals surface area contributed by atoms with Gasteiger partial charge in [-0.25, -0.2) is 4.98 Å². The van der Waals surface area contributed by atoms with Gasteiger partial charge in [0.2, 0.25) is 5.13 Å². The minimum atomic E-state index is -4.42. The third-order valence-corrected chi connectivity index (χ3v) is 6.21. The summed E-state index contributed by atoms with van der Waals surface area (Å²) in [5.74, 6) is -0.366. The summed E-state index contributed by atoms with van der Waals surface area (Å²) in [5, 5.41) is 9.24. The molecule has 3 aromatic carbocycles. The summed E-state index contributed by atoms with van der Waals surface area (Å²) in [4.78, 5) is 17.8. The lowest BCUT2D eigenvalue weighted by Gasteiger charge is -2.09. The van der Waals surface area contributed by atoms with Crippen molar-refractivity contribution in [3.05, 3.63) is 107 Å². The monoisotopic (exact) mass is 478 g/mol. The van der Waals surface area contributed by atoms with E-state index in [0.29, 0.717) is 22.0 Å². The van der Waals surface area contributed by atoms with E-state index in [1.807, 2.05) is 54.6 Å². The summed E-state index contributed by atoms with van der Waals surface area (Å²) in [6, 6.07) is 21.9. The molecule has 1 aromatic heterocycles. The molecule has 1 N–H and O–H groups in total. The molecule has 0 fully saturated rings. The summed E-state index contributed by atoms with van der Waals surface area (Å²) in [5.41, 5.74) is 2.00. The molecule has 34 heavy (non-hydrogen) atoms. The van der Waals surface area contributed by atoms with E-state index in [0.717, 1.165) is 27.9 Å². The van der Waals surface area contributed by atoms with Crippen LogP contribution in [0.1, 0.15) is 16.7 Å². The Bertz CT molecular complexity index is 1390. The molecule has 5 rings (SSSR count). The quantitative estimate of drug-likeness (QED) is 0.372. The van der Waals surface area contributed by atoms with Gasteiger partial charge in [0.1, 0.15) is 5.71 Å². The van der Waals surface area contributed by atoms with Crippen molar-refractivity contribution < 1.29 is 18.0 Å². The largest absolute Gasteiger partial charge is 0.416 e. The van der Waals surface area contributed by atoms with Crippen LogP contribution in [0, 0.1) is 0 Å². The average Bonchev–Trinajstić information content (AvgIpc) is 3.40. The normalized spacial score (nSPS) is 15.3. The van der Waals surface area contributed by atoms with Crippen LogP contribution in [0.2, 0.25) is 0 Å². The fourth-order valence-electron chi connectivity index (χ4n) is 3.56. The Morgan fingerprint density at radius 3 is 2.50 bits per heavy atom. The van der Waals surface area contributed by atoms with Crippen LogP contribution in [0.4, 0.5) is 18.3 Å². The molecule has 1 amide bonds. The molecule has 0 atom stereocenters. The van der Waals surface area contributed by atoms with Crippen molar-refractivity contribution >= 4 is 38.3 Å². The van der Waals surface area contributed by atoms with Crippen LogP contribution in [0.25, 0.3) is 10.2 Å². The average molecular weight is 478 g/mol. The van der Waals surface area contributed by atoms with E-state index >= 15 is 0 Å². The molecule has 1 aliphatic rings. The second-order valence-corrected chi connectivity index (χ2v) is 8.54. The van der Waals surface area contributed by atoms with Crippen LogP contribution in [0.5, 0.6) is 0 Å². The molecule has 0 aliphatic carbocycles. The fourth-order valence-corrected chi connectivity index (χ4v) is 4.48. The first-order valence-electron chi connectivity index (χ1n) is 10.3. The van der Waals surface area contributed by atoms with E-state index in [-0.39, 0.29) is 12.5 Å². The second-order valence-electron chi connectivity index (χ2n) is 7.53. The lowest BCUT2D eigenvalue weighted by molar-refractivity contribution is -0.137. The number of hydrogen-bond acceptors (Lipinski definition) is 5. The number of carbonyl (C=O) groups is 1. The molecular weight excluding hydrogens is 461 g/mol. The summed E-state index contributed by atoms with van der Waals surface area (Å²) in [6.45, 7) is 0.115. The lowest BCUT2D eigenvalue weighted by Crippen LogP contribution is -2.22. The molecule has 0 spiro atoms. The molecule has 170 valence electrons. The number of hydrogen-bond donors (Lipinski definition) is 1. The maximum atomic E-state index is 13.3. The highest BCUT2D eigenvalue weighted by Crippen LogP contribution is 2.33. The zero-order valence-corrected chi connectivity index (χ0v) is 18.4. The summed E-state index contributed by atoms with van der Waals surface area (Å²) < 4.78 is 39.9. The number of aromatic nitrogens is 1. The number of nitrogens with zero attached hydrogens (tertiary/aromatic N) is 3. The van der Waals surface area contributed by atoms with Gasteiger partial charge < -0.3 is 5.32 Å². The van der Waals surface area contributed by atoms with Gasteiger partial charge in [0, 0.05) is 18.3 Å². The molecule has 5 nitrogen and oxygen atoms in total. The van der Waals surface area contributed by atoms with Crippen LogP contribution in [-0.4, -0.2) is 16.6 Å². The number of para-hydroxylation sites is 1. The van der Waals surface area contributed by atoms with Gasteiger partial charge in [0.05, 0.1) is 21.4 Å². The van der Waals surface area contributed by atoms with Crippen molar-refractivity contribution in [1.82, 2.24) is 10.3 Å². The van der Waals surface area contributed by atoms with Crippen LogP contribution >= 0.6 is 11.3 Å². The van der Waals surface area contributed by atoms with Crippen LogP contribution in [0.3, 0.4) is 0 Å². The van der Waals surface area contributed by atoms with Gasteiger partial charge in [-0.15, -0.1) is 0 Å². The fraction of sp³-hybridized carbons (Fsp3) is 0.0800. The van der Waals surface area contributed by atoms with Crippen molar-refractivity contribution in [2.75, 3.05) is 5.01 Å². The minimum Gasteiger partial charge on any atom is -0.386 e. The first kappa shape index (κ1) is 21.8. The maximum Gasteiger partial charge on any atom is 0.416 e. The molecule has 0 unspecified atom stereocenters. The highest BCUT2D eigenvalue weighted by molar-refractivity contribution is 7.22. The highest BCUT2D eigenvalue weighted by Gasteiger charge is 2.34. The molecule has 0 radical (unpaired) electrons. The number of rotatable bonds is 5. The Kier molecular flexibility index (Phi) is 5.62. The van der Waals surface area contributed by atoms with Gasteiger partial charge >= 0.3 is 6.18 Å². The number of nitrogens with one attached hydrogen (secondary N) is 1. The topological polar surface area (TPSA) is 57.6 Å². The number of hydrazone groups is 1. The predicted octanol–water partition coefficient (Wildman–Crippen LogP) is 5.74. The van der Waals surface area contributed by atoms with Crippen LogP contribution in [0.15, 0.2) is 95.7 Å². The van der Waals surface area contributed by atoms with Gasteiger partial charge in [-0.3, -0.25) is 4.79 Å². The van der Waals surface area contributed by atoms with Crippen molar-refractivity contribution in [1.29, 1.82) is 0 Å².